The molecule has 2 aliphatic heterocycles. The lowest BCUT2D eigenvalue weighted by Crippen LogP contribution is -2.63. The first-order chi connectivity index (χ1) is 28.7. The zero-order valence-corrected chi connectivity index (χ0v) is 37.6. The van der Waals surface area contributed by atoms with Crippen molar-refractivity contribution in [1.82, 2.24) is 10.2 Å². The number of ether oxygens (including phenoxy) is 3. The molecular formula is C47H75FN2O11. The molecule has 4 fully saturated rings. The summed E-state index contributed by atoms with van der Waals surface area (Å²) >= 11 is 0. The maximum Gasteiger partial charge on any atom is 0.309 e. The van der Waals surface area contributed by atoms with Crippen molar-refractivity contribution in [3.8, 4) is 0 Å². The Morgan fingerprint density at radius 2 is 1.75 bits per heavy atom. The number of esters is 1. The fourth-order valence-electron chi connectivity index (χ4n) is 12.5. The summed E-state index contributed by atoms with van der Waals surface area (Å²) in [6.45, 7) is 14.1. The van der Waals surface area contributed by atoms with Gasteiger partial charge in [0.25, 0.3) is 5.91 Å². The zero-order chi connectivity index (χ0) is 44.6. The molecule has 13 nitrogen and oxygen atoms in total. The topological polar surface area (TPSA) is 195 Å². The molecule has 2 saturated heterocycles. The Hall–Kier alpha value is -2.30. The largest absolute Gasteiger partial charge is 0.459 e. The SMILES string of the molecule is CC[C@H]1OC(=O)[C@H](C)C[C@H](C)C(O[C@H]2CCC[C@@H](C)O2)[C@H](O)CCCN(CCCNC(=O)[C@@]2(O)CCC3C4CC(F)=C5CC(=O)C=C[C@]5(C)C4[C@@H](O)C[C@@]32C)[C@H](C)[C@@H](O)[C@@H]1O. The van der Waals surface area contributed by atoms with Crippen LogP contribution < -0.4 is 5.32 Å². The number of carbonyl (C=O) groups excluding carboxylic acids is 3. The average Bonchev–Trinajstić information content (AvgIpc) is 3.48. The highest BCUT2D eigenvalue weighted by atomic mass is 19.1. The predicted molar refractivity (Wildman–Crippen MR) is 225 cm³/mol. The number of allylic oxidation sites excluding steroid dienone is 4. The minimum absolute atomic E-state index is 0.000857. The predicted octanol–water partition coefficient (Wildman–Crippen LogP) is 4.65. The lowest BCUT2D eigenvalue weighted by atomic mass is 9.47. The van der Waals surface area contributed by atoms with E-state index in [0.717, 1.165) is 12.8 Å². The number of nitrogens with one attached hydrogen (secondary N) is 1. The second-order valence-electron chi connectivity index (χ2n) is 20.2. The molecule has 0 spiro atoms. The molecule has 4 unspecified atom stereocenters. The highest BCUT2D eigenvalue weighted by molar-refractivity contribution is 5.93. The van der Waals surface area contributed by atoms with E-state index in [9.17, 15) is 39.9 Å². The van der Waals surface area contributed by atoms with Crippen molar-refractivity contribution in [1.29, 1.82) is 0 Å². The molecule has 61 heavy (non-hydrogen) atoms. The van der Waals surface area contributed by atoms with Gasteiger partial charge >= 0.3 is 5.97 Å². The number of aliphatic hydroxyl groups excluding tert-OH is 4. The minimum atomic E-state index is -1.79. The third kappa shape index (κ3) is 9.58. The Morgan fingerprint density at radius 1 is 1.02 bits per heavy atom. The van der Waals surface area contributed by atoms with Crippen LogP contribution in [0, 0.1) is 40.4 Å². The summed E-state index contributed by atoms with van der Waals surface area (Å²) in [6.07, 6.45) is 2.38. The summed E-state index contributed by atoms with van der Waals surface area (Å²) in [7, 11) is 0. The van der Waals surface area contributed by atoms with E-state index < -0.39 is 83.2 Å². The maximum absolute atomic E-state index is 15.8. The average molecular weight is 863 g/mol. The standard InChI is InChI=1S/C47H75FN2O11/c1-8-37-41(55)40(54)29(5)50(20-10-13-35(52)42(26(2)22-27(3)43(56)60-37)61-38-14-9-12-28(4)59-38)21-11-19-49-44(57)47(58)18-16-32-31-24-34(48)33-23-30(51)15-17-45(33,6)39(31)36(53)25-46(32,47)7/h15,17,26-29,31-32,35-42,52-55,58H,8-14,16,18-25H2,1-7H3,(H,49,57)/t26-,27+,28+,29+,31?,32?,35+,36-,37+,38-,39?,40+,41+,42?,45-,46-,47-/m0/s1. The molecule has 6 rings (SSSR count). The first kappa shape index (κ1) is 48.2. The molecule has 0 aromatic rings. The van der Waals surface area contributed by atoms with Crippen LogP contribution in [0.4, 0.5) is 4.39 Å². The zero-order valence-electron chi connectivity index (χ0n) is 37.6. The van der Waals surface area contributed by atoms with E-state index in [-0.39, 0.29) is 80.0 Å². The van der Waals surface area contributed by atoms with E-state index in [2.05, 4.69) is 5.32 Å². The Kier molecular flexibility index (Phi) is 15.3. The van der Waals surface area contributed by atoms with Crippen molar-refractivity contribution in [3.05, 3.63) is 23.6 Å². The third-order valence-corrected chi connectivity index (χ3v) is 16.2. The number of amides is 1. The summed E-state index contributed by atoms with van der Waals surface area (Å²) in [4.78, 5) is 41.7. The maximum atomic E-state index is 15.8. The van der Waals surface area contributed by atoms with Gasteiger partial charge in [-0.3, -0.25) is 19.3 Å². The number of cyclic esters (lactones) is 1. The van der Waals surface area contributed by atoms with E-state index in [1.165, 1.54) is 6.08 Å². The molecule has 2 saturated carbocycles. The van der Waals surface area contributed by atoms with Gasteiger partial charge in [-0.25, -0.2) is 4.39 Å². The van der Waals surface area contributed by atoms with Gasteiger partial charge < -0.3 is 45.1 Å². The van der Waals surface area contributed by atoms with E-state index in [1.807, 2.05) is 32.6 Å². The van der Waals surface area contributed by atoms with Crippen molar-refractivity contribution in [2.45, 2.75) is 193 Å². The Labute approximate surface area is 361 Å². The number of hydrogen-bond donors (Lipinski definition) is 6. The van der Waals surface area contributed by atoms with Gasteiger partial charge in [-0.2, -0.15) is 0 Å². The van der Waals surface area contributed by atoms with Crippen LogP contribution in [0.1, 0.15) is 132 Å². The van der Waals surface area contributed by atoms with Gasteiger partial charge in [0, 0.05) is 48.7 Å². The second-order valence-corrected chi connectivity index (χ2v) is 20.2. The molecule has 2 heterocycles. The van der Waals surface area contributed by atoms with Crippen molar-refractivity contribution < 1.29 is 58.5 Å². The molecule has 0 aromatic carbocycles. The van der Waals surface area contributed by atoms with Gasteiger partial charge in [-0.1, -0.05) is 40.7 Å². The van der Waals surface area contributed by atoms with Crippen LogP contribution in [0.3, 0.4) is 0 Å². The molecule has 0 radical (unpaired) electrons. The normalized spacial score (nSPS) is 45.5. The Balaban J connectivity index is 1.12. The van der Waals surface area contributed by atoms with Crippen molar-refractivity contribution >= 4 is 17.7 Å². The number of hydrogen-bond acceptors (Lipinski definition) is 12. The lowest BCUT2D eigenvalue weighted by molar-refractivity contribution is -0.236. The number of halogens is 1. The smallest absolute Gasteiger partial charge is 0.309 e. The van der Waals surface area contributed by atoms with Gasteiger partial charge in [0.15, 0.2) is 12.1 Å². The first-order valence-electron chi connectivity index (χ1n) is 23.3. The van der Waals surface area contributed by atoms with Gasteiger partial charge in [-0.05, 0) is 120 Å². The minimum Gasteiger partial charge on any atom is -0.459 e. The quantitative estimate of drug-likeness (QED) is 0.146. The molecule has 1 amide bonds. The number of fused-ring (bicyclic) bond motifs is 5. The van der Waals surface area contributed by atoms with Gasteiger partial charge in [0.1, 0.15) is 23.6 Å². The molecule has 0 aromatic heterocycles. The number of carbonyl (C=O) groups is 3. The highest BCUT2D eigenvalue weighted by Crippen LogP contribution is 2.67. The van der Waals surface area contributed by atoms with E-state index in [0.29, 0.717) is 57.2 Å². The van der Waals surface area contributed by atoms with Crippen LogP contribution >= 0.6 is 0 Å². The van der Waals surface area contributed by atoms with Crippen molar-refractivity contribution in [2.24, 2.45) is 40.4 Å². The molecule has 0 bridgehead atoms. The van der Waals surface area contributed by atoms with Crippen molar-refractivity contribution in [2.75, 3.05) is 19.6 Å². The van der Waals surface area contributed by atoms with Gasteiger partial charge in [-0.15, -0.1) is 0 Å². The molecule has 17 atom stereocenters. The van der Waals surface area contributed by atoms with Crippen LogP contribution in [0.25, 0.3) is 0 Å². The molecule has 6 aliphatic rings. The number of rotatable bonds is 8. The molecule has 346 valence electrons. The summed E-state index contributed by atoms with van der Waals surface area (Å²) in [6, 6.07) is -0.596. The Morgan fingerprint density at radius 3 is 2.46 bits per heavy atom. The lowest BCUT2D eigenvalue weighted by Gasteiger charge is -2.59. The summed E-state index contributed by atoms with van der Waals surface area (Å²) < 4.78 is 34.1. The first-order valence-corrected chi connectivity index (χ1v) is 23.3. The number of ketones is 1. The number of aliphatic hydroxyl groups is 5. The summed E-state index contributed by atoms with van der Waals surface area (Å²) in [5, 5.41) is 61.5. The van der Waals surface area contributed by atoms with E-state index in [4.69, 9.17) is 14.2 Å². The molecule has 14 heteroatoms. The summed E-state index contributed by atoms with van der Waals surface area (Å²) in [5.41, 5.74) is -3.18. The fourth-order valence-corrected chi connectivity index (χ4v) is 12.5. The van der Waals surface area contributed by atoms with Crippen LogP contribution in [0.15, 0.2) is 23.6 Å². The van der Waals surface area contributed by atoms with Crippen molar-refractivity contribution in [3.63, 3.8) is 0 Å². The van der Waals surface area contributed by atoms with Crippen LogP contribution in [0.2, 0.25) is 0 Å². The van der Waals surface area contributed by atoms with Crippen LogP contribution in [0.5, 0.6) is 0 Å². The third-order valence-electron chi connectivity index (χ3n) is 16.2. The molecule has 4 aliphatic carbocycles. The van der Waals surface area contributed by atoms with Gasteiger partial charge in [0.05, 0.1) is 36.4 Å². The fraction of sp³-hybridized carbons (Fsp3) is 0.851. The molecular weight excluding hydrogens is 788 g/mol. The summed E-state index contributed by atoms with van der Waals surface area (Å²) in [5.74, 6) is -3.16. The monoisotopic (exact) mass is 863 g/mol. The van der Waals surface area contributed by atoms with Crippen LogP contribution in [-0.4, -0.2) is 128 Å². The highest BCUT2D eigenvalue weighted by Gasteiger charge is 2.68. The Bertz CT molecular complexity index is 1640. The van der Waals surface area contributed by atoms with E-state index >= 15 is 4.39 Å². The number of nitrogens with zero attached hydrogens (tertiary/aromatic N) is 1. The molecule has 6 N–H and O–H groups in total. The van der Waals surface area contributed by atoms with Gasteiger partial charge in [0.2, 0.25) is 0 Å². The van der Waals surface area contributed by atoms with Crippen LogP contribution in [-0.2, 0) is 28.6 Å². The van der Waals surface area contributed by atoms with E-state index in [1.54, 1.807) is 26.8 Å². The second kappa shape index (κ2) is 19.4.